The standard InChI is InChI=1S/C32H40Cl2N4O4/c1-19(2)13-32-14-24(17-38(32)31(41)42)27(15-32)35-16-29(39)37-8-7-36(30(40)23-10-20(3)9-21(4)11-23)18-28(37)22-5-6-25(33)26(34)12-22/h5-6,9-12,19,24,27-28,35H,7-8,13-18H2,1-4H3,(H,41,42). The van der Waals surface area contributed by atoms with Crippen LogP contribution in [0.15, 0.2) is 36.4 Å². The molecule has 1 aliphatic carbocycles. The average molecular weight is 616 g/mol. The Morgan fingerprint density at radius 1 is 1.00 bits per heavy atom. The first-order valence-corrected chi connectivity index (χ1v) is 15.5. The van der Waals surface area contributed by atoms with E-state index in [-0.39, 0.29) is 41.9 Å². The lowest BCUT2D eigenvalue weighted by atomic mass is 9.86. The van der Waals surface area contributed by atoms with Crippen LogP contribution < -0.4 is 5.32 Å². The van der Waals surface area contributed by atoms with Crippen LogP contribution in [0.25, 0.3) is 0 Å². The molecule has 2 aromatic carbocycles. The Hall–Kier alpha value is -2.81. The number of nitrogens with one attached hydrogen (secondary N) is 1. The Labute approximate surface area is 257 Å². The maximum absolute atomic E-state index is 13.8. The predicted octanol–water partition coefficient (Wildman–Crippen LogP) is 5.78. The normalized spacial score (nSPS) is 25.4. The molecule has 8 nitrogen and oxygen atoms in total. The molecule has 1 saturated carbocycles. The minimum atomic E-state index is -0.856. The molecule has 0 aromatic heterocycles. The van der Waals surface area contributed by atoms with Crippen molar-refractivity contribution in [3.63, 3.8) is 0 Å². The monoisotopic (exact) mass is 614 g/mol. The van der Waals surface area contributed by atoms with E-state index in [9.17, 15) is 19.5 Å². The summed E-state index contributed by atoms with van der Waals surface area (Å²) in [4.78, 5) is 44.6. The van der Waals surface area contributed by atoms with E-state index in [1.807, 2.05) is 47.9 Å². The molecule has 5 rings (SSSR count). The molecule has 2 aliphatic heterocycles. The molecule has 4 atom stereocenters. The first-order valence-electron chi connectivity index (χ1n) is 14.7. The Morgan fingerprint density at radius 3 is 2.36 bits per heavy atom. The lowest BCUT2D eigenvalue weighted by Gasteiger charge is -2.43. The van der Waals surface area contributed by atoms with E-state index in [2.05, 4.69) is 19.2 Å². The predicted molar refractivity (Wildman–Crippen MR) is 164 cm³/mol. The highest BCUT2D eigenvalue weighted by atomic mass is 35.5. The van der Waals surface area contributed by atoms with Gasteiger partial charge in [0, 0.05) is 43.3 Å². The van der Waals surface area contributed by atoms with Crippen LogP contribution >= 0.6 is 23.2 Å². The molecule has 0 radical (unpaired) electrons. The van der Waals surface area contributed by atoms with E-state index in [1.54, 1.807) is 17.0 Å². The van der Waals surface area contributed by atoms with Gasteiger partial charge in [0.15, 0.2) is 0 Å². The number of carboxylic acid groups (broad SMARTS) is 1. The number of rotatable bonds is 7. The number of likely N-dealkylation sites (tertiary alicyclic amines) is 1. The van der Waals surface area contributed by atoms with Gasteiger partial charge in [0.25, 0.3) is 5.91 Å². The van der Waals surface area contributed by atoms with Crippen LogP contribution in [0.5, 0.6) is 0 Å². The summed E-state index contributed by atoms with van der Waals surface area (Å²) in [6.07, 6.45) is 1.50. The van der Waals surface area contributed by atoms with E-state index in [1.165, 1.54) is 0 Å². The first kappa shape index (κ1) is 30.6. The number of benzene rings is 2. The molecule has 3 fully saturated rings. The van der Waals surface area contributed by atoms with Crippen LogP contribution in [0.1, 0.15) is 66.2 Å². The van der Waals surface area contributed by atoms with Crippen molar-refractivity contribution in [1.29, 1.82) is 0 Å². The van der Waals surface area contributed by atoms with Gasteiger partial charge in [-0.1, -0.05) is 60.3 Å². The second kappa shape index (κ2) is 12.1. The number of piperazine rings is 1. The Kier molecular flexibility index (Phi) is 8.80. The van der Waals surface area contributed by atoms with Crippen LogP contribution in [0.4, 0.5) is 4.79 Å². The van der Waals surface area contributed by atoms with Crippen molar-refractivity contribution in [2.75, 3.05) is 32.7 Å². The summed E-state index contributed by atoms with van der Waals surface area (Å²) in [6.45, 7) is 10.0. The van der Waals surface area contributed by atoms with Gasteiger partial charge < -0.3 is 25.1 Å². The highest BCUT2D eigenvalue weighted by molar-refractivity contribution is 6.42. The van der Waals surface area contributed by atoms with Gasteiger partial charge >= 0.3 is 6.09 Å². The Morgan fingerprint density at radius 2 is 1.71 bits per heavy atom. The molecule has 226 valence electrons. The summed E-state index contributed by atoms with van der Waals surface area (Å²) in [5.41, 5.74) is 3.16. The van der Waals surface area contributed by atoms with Gasteiger partial charge in [0.2, 0.25) is 5.91 Å². The maximum Gasteiger partial charge on any atom is 0.407 e. The molecule has 10 heteroatoms. The molecule has 3 aliphatic rings. The summed E-state index contributed by atoms with van der Waals surface area (Å²) in [6, 6.07) is 10.9. The van der Waals surface area contributed by atoms with Gasteiger partial charge in [-0.2, -0.15) is 0 Å². The van der Waals surface area contributed by atoms with Crippen LogP contribution in [0.3, 0.4) is 0 Å². The number of aryl methyl sites for hydroxylation is 2. The Balaban J connectivity index is 1.31. The largest absolute Gasteiger partial charge is 0.465 e. The molecule has 4 unspecified atom stereocenters. The van der Waals surface area contributed by atoms with Gasteiger partial charge in [-0.3, -0.25) is 9.59 Å². The highest BCUT2D eigenvalue weighted by Gasteiger charge is 2.57. The summed E-state index contributed by atoms with van der Waals surface area (Å²) in [5, 5.41) is 14.1. The Bertz CT molecular complexity index is 1360. The first-order chi connectivity index (χ1) is 19.9. The van der Waals surface area contributed by atoms with E-state index in [0.29, 0.717) is 54.1 Å². The minimum Gasteiger partial charge on any atom is -0.465 e. The van der Waals surface area contributed by atoms with Gasteiger partial charge in [-0.25, -0.2) is 4.79 Å². The smallest absolute Gasteiger partial charge is 0.407 e. The minimum absolute atomic E-state index is 0.0552. The number of carbonyl (C=O) groups is 3. The zero-order valence-electron chi connectivity index (χ0n) is 24.7. The summed E-state index contributed by atoms with van der Waals surface area (Å²) in [7, 11) is 0. The molecule has 2 aromatic rings. The molecule has 2 bridgehead atoms. The van der Waals surface area contributed by atoms with Crippen LogP contribution in [0.2, 0.25) is 10.0 Å². The van der Waals surface area contributed by atoms with Crippen molar-refractivity contribution in [1.82, 2.24) is 20.0 Å². The highest BCUT2D eigenvalue weighted by Crippen LogP contribution is 2.49. The third-order valence-electron chi connectivity index (χ3n) is 9.12. The lowest BCUT2D eigenvalue weighted by Crippen LogP contribution is -2.56. The number of amides is 3. The molecule has 0 spiro atoms. The van der Waals surface area contributed by atoms with Crippen LogP contribution in [0, 0.1) is 25.7 Å². The van der Waals surface area contributed by atoms with E-state index < -0.39 is 6.09 Å². The summed E-state index contributed by atoms with van der Waals surface area (Å²) >= 11 is 12.6. The van der Waals surface area contributed by atoms with Crippen molar-refractivity contribution in [3.8, 4) is 0 Å². The third-order valence-corrected chi connectivity index (χ3v) is 9.86. The number of carbonyl (C=O) groups excluding carboxylic acids is 2. The molecule has 2 saturated heterocycles. The topological polar surface area (TPSA) is 93.2 Å². The van der Waals surface area contributed by atoms with Crippen molar-refractivity contribution in [3.05, 3.63) is 68.7 Å². The average Bonchev–Trinajstić information content (AvgIpc) is 3.46. The SMILES string of the molecule is Cc1cc(C)cc(C(=O)N2CCN(C(=O)CNC3CC4(CC(C)C)CC3CN4C(=O)O)C(c3ccc(Cl)c(Cl)c3)C2)c1. The number of hydrogen-bond donors (Lipinski definition) is 2. The molecular weight excluding hydrogens is 575 g/mol. The van der Waals surface area contributed by atoms with Crippen molar-refractivity contribution in [2.45, 2.75) is 64.6 Å². The zero-order chi connectivity index (χ0) is 30.3. The molecule has 2 N–H and O–H groups in total. The molecular formula is C32H40Cl2N4O4. The fourth-order valence-corrected chi connectivity index (χ4v) is 7.86. The number of nitrogens with zero attached hydrogens (tertiary/aromatic N) is 3. The van der Waals surface area contributed by atoms with Crippen LogP contribution in [-0.2, 0) is 4.79 Å². The number of piperidine rings is 1. The van der Waals surface area contributed by atoms with Gasteiger partial charge in [-0.15, -0.1) is 0 Å². The van der Waals surface area contributed by atoms with Crippen molar-refractivity contribution >= 4 is 41.1 Å². The van der Waals surface area contributed by atoms with Crippen molar-refractivity contribution in [2.24, 2.45) is 11.8 Å². The van der Waals surface area contributed by atoms with Gasteiger partial charge in [0.05, 0.1) is 22.6 Å². The zero-order valence-corrected chi connectivity index (χ0v) is 26.2. The molecule has 42 heavy (non-hydrogen) atoms. The fourth-order valence-electron chi connectivity index (χ4n) is 7.56. The fraction of sp³-hybridized carbons (Fsp3) is 0.531. The summed E-state index contributed by atoms with van der Waals surface area (Å²) < 4.78 is 0. The molecule has 2 heterocycles. The van der Waals surface area contributed by atoms with Gasteiger partial charge in [-0.05, 0) is 74.8 Å². The number of fused-ring (bicyclic) bond motifs is 2. The second-order valence-corrected chi connectivity index (χ2v) is 13.6. The number of hydrogen-bond acceptors (Lipinski definition) is 4. The van der Waals surface area contributed by atoms with E-state index in [0.717, 1.165) is 29.5 Å². The van der Waals surface area contributed by atoms with Crippen molar-refractivity contribution < 1.29 is 19.5 Å². The second-order valence-electron chi connectivity index (χ2n) is 12.8. The van der Waals surface area contributed by atoms with E-state index in [4.69, 9.17) is 23.2 Å². The molecule has 3 amide bonds. The van der Waals surface area contributed by atoms with Gasteiger partial charge in [0.1, 0.15) is 0 Å². The lowest BCUT2D eigenvalue weighted by molar-refractivity contribution is -0.135. The van der Waals surface area contributed by atoms with E-state index >= 15 is 0 Å². The quantitative estimate of drug-likeness (QED) is 0.412. The third kappa shape index (κ3) is 6.12. The summed E-state index contributed by atoms with van der Waals surface area (Å²) in [5.74, 6) is 0.448. The maximum atomic E-state index is 13.8. The van der Waals surface area contributed by atoms with Crippen LogP contribution in [-0.4, -0.2) is 82.0 Å². The number of halogens is 2.